The van der Waals surface area contributed by atoms with Crippen LogP contribution in [0.15, 0.2) is 0 Å². The van der Waals surface area contributed by atoms with Crippen molar-refractivity contribution < 1.29 is 29.7 Å². The Labute approximate surface area is 437 Å². The lowest BCUT2D eigenvalue weighted by atomic mass is 9.93. The second kappa shape index (κ2) is 57.3. The van der Waals surface area contributed by atoms with E-state index < -0.39 is 30.3 Å². The number of aliphatic hydroxyl groups excluding tert-OH is 3. The van der Waals surface area contributed by atoms with Crippen LogP contribution in [0.2, 0.25) is 0 Å². The Hall–Kier alpha value is -1.02. The lowest BCUT2D eigenvalue weighted by Crippen LogP contribution is -2.55. The molecule has 0 aliphatic heterocycles. The van der Waals surface area contributed by atoms with Crippen molar-refractivity contribution in [1.82, 2.24) is 5.48 Å². The van der Waals surface area contributed by atoms with E-state index in [1.54, 1.807) is 0 Å². The molecule has 0 aromatic rings. The highest BCUT2D eigenvalue weighted by Gasteiger charge is 2.36. The SMILES string of the molecule is CCCCCCCCCCCCCCCCCCCCCCCCCCC(=O)C(O)[C@H](NOC(=O)CCCCCCCCCCCCCCCCC)[C@H](O)[C@H](O)CCCCCCCCCCCCCC. The number of rotatable bonds is 60. The van der Waals surface area contributed by atoms with Crippen LogP contribution in [0, 0.1) is 0 Å². The van der Waals surface area contributed by atoms with Gasteiger partial charge in [0.05, 0.1) is 6.10 Å². The van der Waals surface area contributed by atoms with Crippen molar-refractivity contribution in [2.24, 2.45) is 0 Å². The van der Waals surface area contributed by atoms with Crippen molar-refractivity contribution in [3.63, 3.8) is 0 Å². The molecule has 7 heteroatoms. The summed E-state index contributed by atoms with van der Waals surface area (Å²) >= 11 is 0. The Balaban J connectivity index is 4.40. The van der Waals surface area contributed by atoms with Gasteiger partial charge in [-0.3, -0.25) is 9.59 Å². The van der Waals surface area contributed by atoms with Gasteiger partial charge in [0.25, 0.3) is 0 Å². The van der Waals surface area contributed by atoms with Gasteiger partial charge in [-0.05, 0) is 19.3 Å². The van der Waals surface area contributed by atoms with E-state index >= 15 is 0 Å². The first-order chi connectivity index (χ1) is 34.4. The lowest BCUT2D eigenvalue weighted by molar-refractivity contribution is -0.163. The lowest BCUT2D eigenvalue weighted by Gasteiger charge is -2.30. The highest BCUT2D eigenvalue weighted by molar-refractivity contribution is 5.83. The third-order valence-corrected chi connectivity index (χ3v) is 15.4. The van der Waals surface area contributed by atoms with Gasteiger partial charge in [-0.15, -0.1) is 5.48 Å². The van der Waals surface area contributed by atoms with Crippen LogP contribution in [0.3, 0.4) is 0 Å². The van der Waals surface area contributed by atoms with Crippen molar-refractivity contribution in [1.29, 1.82) is 0 Å². The summed E-state index contributed by atoms with van der Waals surface area (Å²) in [6.07, 6.45) is 61.6. The van der Waals surface area contributed by atoms with Crippen LogP contribution in [-0.4, -0.2) is 51.4 Å². The molecule has 4 N–H and O–H groups in total. The molecule has 0 spiro atoms. The fourth-order valence-electron chi connectivity index (χ4n) is 10.4. The summed E-state index contributed by atoms with van der Waals surface area (Å²) in [5.74, 6) is -0.849. The van der Waals surface area contributed by atoms with Crippen molar-refractivity contribution in [2.45, 2.75) is 392 Å². The maximum absolute atomic E-state index is 13.3. The monoisotopic (exact) mass is 992 g/mol. The summed E-state index contributed by atoms with van der Waals surface area (Å²) in [4.78, 5) is 31.4. The highest BCUT2D eigenvalue weighted by Crippen LogP contribution is 2.20. The molecule has 0 aliphatic rings. The first kappa shape index (κ1) is 69.0. The molecule has 0 saturated carbocycles. The first-order valence-corrected chi connectivity index (χ1v) is 31.9. The summed E-state index contributed by atoms with van der Waals surface area (Å²) in [5, 5.41) is 33.5. The molecule has 418 valence electrons. The first-order valence-electron chi connectivity index (χ1n) is 31.9. The van der Waals surface area contributed by atoms with Gasteiger partial charge in [0.1, 0.15) is 18.2 Å². The van der Waals surface area contributed by atoms with E-state index in [1.165, 1.54) is 270 Å². The Kier molecular flexibility index (Phi) is 56.4. The normalized spacial score (nSPS) is 13.5. The van der Waals surface area contributed by atoms with Crippen LogP contribution in [0.25, 0.3) is 0 Å². The average molecular weight is 993 g/mol. The van der Waals surface area contributed by atoms with Gasteiger partial charge in [-0.2, -0.15) is 0 Å². The molecule has 0 aromatic carbocycles. The fraction of sp³-hybridized carbons (Fsp3) is 0.968. The van der Waals surface area contributed by atoms with E-state index in [9.17, 15) is 24.9 Å². The van der Waals surface area contributed by atoms with Crippen LogP contribution in [-0.2, 0) is 14.4 Å². The molecule has 0 fully saturated rings. The number of carbonyl (C=O) groups is 2. The smallest absolute Gasteiger partial charge is 0.324 e. The molecule has 0 aromatic heterocycles. The molecule has 0 amide bonds. The Bertz CT molecular complexity index is 1040. The van der Waals surface area contributed by atoms with E-state index in [1.807, 2.05) is 0 Å². The largest absolute Gasteiger partial charge is 0.390 e. The minimum Gasteiger partial charge on any atom is -0.390 e. The number of hydrogen-bond acceptors (Lipinski definition) is 7. The minimum atomic E-state index is -1.57. The molecule has 0 radical (unpaired) electrons. The average Bonchev–Trinajstić information content (AvgIpc) is 3.36. The standard InChI is InChI=1S/C63H125NO6/c1-4-7-10-13-16-19-22-25-27-28-29-30-31-32-33-34-35-37-38-41-44-47-50-53-56-59(66)63(69)61(62(68)58(65)55-52-49-46-43-40-24-21-18-15-12-9-6-3)64-70-60(67)57-54-51-48-45-42-39-36-26-23-20-17-14-11-8-5-2/h58,61-65,68-69H,4-57H2,1-3H3/t58-,61-,62-,63?/m1/s1. The van der Waals surface area contributed by atoms with Gasteiger partial charge < -0.3 is 20.2 Å². The quantitative estimate of drug-likeness (QED) is 0.0354. The number of carbonyl (C=O) groups excluding carboxylic acids is 2. The van der Waals surface area contributed by atoms with Crippen LogP contribution < -0.4 is 5.48 Å². The van der Waals surface area contributed by atoms with E-state index in [0.29, 0.717) is 19.3 Å². The third-order valence-electron chi connectivity index (χ3n) is 15.4. The fourth-order valence-corrected chi connectivity index (χ4v) is 10.4. The van der Waals surface area contributed by atoms with Crippen molar-refractivity contribution >= 4 is 11.8 Å². The summed E-state index contributed by atoms with van der Waals surface area (Å²) in [5.41, 5.74) is 2.57. The number of nitrogens with one attached hydrogen (secondary N) is 1. The van der Waals surface area contributed by atoms with Gasteiger partial charge in [0.15, 0.2) is 5.78 Å². The van der Waals surface area contributed by atoms with Crippen LogP contribution >= 0.6 is 0 Å². The van der Waals surface area contributed by atoms with Crippen LogP contribution in [0.5, 0.6) is 0 Å². The van der Waals surface area contributed by atoms with E-state index in [-0.39, 0.29) is 18.6 Å². The van der Waals surface area contributed by atoms with Gasteiger partial charge >= 0.3 is 5.97 Å². The van der Waals surface area contributed by atoms with Crippen molar-refractivity contribution in [2.75, 3.05) is 0 Å². The van der Waals surface area contributed by atoms with E-state index in [2.05, 4.69) is 26.3 Å². The summed E-state index contributed by atoms with van der Waals surface area (Å²) in [6, 6.07) is -1.28. The second-order valence-corrected chi connectivity index (χ2v) is 22.3. The molecule has 0 rings (SSSR count). The summed E-state index contributed by atoms with van der Waals surface area (Å²) in [7, 11) is 0. The van der Waals surface area contributed by atoms with Gasteiger partial charge in [-0.1, -0.05) is 335 Å². The highest BCUT2D eigenvalue weighted by atomic mass is 16.7. The molecule has 0 bridgehead atoms. The van der Waals surface area contributed by atoms with Crippen LogP contribution in [0.1, 0.15) is 367 Å². The Morgan fingerprint density at radius 2 is 0.557 bits per heavy atom. The second-order valence-electron chi connectivity index (χ2n) is 22.3. The predicted molar refractivity (Wildman–Crippen MR) is 302 cm³/mol. The number of unbranched alkanes of at least 4 members (excludes halogenated alkanes) is 48. The summed E-state index contributed by atoms with van der Waals surface area (Å²) < 4.78 is 0. The third kappa shape index (κ3) is 49.2. The molecule has 7 nitrogen and oxygen atoms in total. The van der Waals surface area contributed by atoms with Gasteiger partial charge in [0.2, 0.25) is 0 Å². The topological polar surface area (TPSA) is 116 Å². The number of aliphatic hydroxyl groups is 3. The number of Topliss-reactive ketones (excluding diaryl/α,β-unsaturated/α-hetero) is 1. The van der Waals surface area contributed by atoms with E-state index in [0.717, 1.165) is 44.9 Å². The molecule has 0 saturated heterocycles. The summed E-state index contributed by atoms with van der Waals surface area (Å²) in [6.45, 7) is 6.82. The minimum absolute atomic E-state index is 0.202. The zero-order valence-electron chi connectivity index (χ0n) is 47.6. The number of hydrogen-bond donors (Lipinski definition) is 4. The maximum atomic E-state index is 13.3. The molecular formula is C63H125NO6. The van der Waals surface area contributed by atoms with Gasteiger partial charge in [0, 0.05) is 12.8 Å². The van der Waals surface area contributed by atoms with Gasteiger partial charge in [-0.25, -0.2) is 0 Å². The Morgan fingerprint density at radius 1 is 0.329 bits per heavy atom. The van der Waals surface area contributed by atoms with Crippen molar-refractivity contribution in [3.8, 4) is 0 Å². The zero-order valence-corrected chi connectivity index (χ0v) is 47.6. The molecule has 0 aliphatic carbocycles. The molecular weight excluding hydrogens is 867 g/mol. The van der Waals surface area contributed by atoms with E-state index in [4.69, 9.17) is 4.84 Å². The van der Waals surface area contributed by atoms with Crippen LogP contribution in [0.4, 0.5) is 0 Å². The Morgan fingerprint density at radius 3 is 0.829 bits per heavy atom. The number of hydroxylamine groups is 1. The number of ketones is 1. The molecule has 0 heterocycles. The molecule has 4 atom stereocenters. The predicted octanol–water partition coefficient (Wildman–Crippen LogP) is 19.2. The van der Waals surface area contributed by atoms with Crippen molar-refractivity contribution in [3.05, 3.63) is 0 Å². The maximum Gasteiger partial charge on any atom is 0.324 e. The molecule has 70 heavy (non-hydrogen) atoms. The molecule has 1 unspecified atom stereocenters. The zero-order chi connectivity index (χ0) is 51.1.